The van der Waals surface area contributed by atoms with Gasteiger partial charge < -0.3 is 0 Å². The van der Waals surface area contributed by atoms with E-state index < -0.39 is 23.5 Å². The first kappa shape index (κ1) is 7.64. The summed E-state index contributed by atoms with van der Waals surface area (Å²) in [4.78, 5) is 31.5. The molecule has 1 fully saturated rings. The van der Waals surface area contributed by atoms with Gasteiger partial charge in [0.2, 0.25) is 0 Å². The van der Waals surface area contributed by atoms with E-state index in [9.17, 15) is 18.8 Å². The molecule has 1 heterocycles. The lowest BCUT2D eigenvalue weighted by molar-refractivity contribution is -0.145. The highest BCUT2D eigenvalue weighted by Gasteiger charge is 2.46. The Kier molecular flexibility index (Phi) is 1.40. The van der Waals surface area contributed by atoms with E-state index in [0.717, 1.165) is 6.92 Å². The Morgan fingerprint density at radius 2 is 1.55 bits per heavy atom. The molecule has 0 aromatic heterocycles. The van der Waals surface area contributed by atoms with Crippen molar-refractivity contribution in [3.05, 3.63) is 0 Å². The minimum atomic E-state index is -2.64. The number of barbiturate groups is 1. The van der Waals surface area contributed by atoms with Crippen molar-refractivity contribution in [1.82, 2.24) is 10.6 Å². The average Bonchev–Trinajstić information content (AvgIpc) is 1.84. The van der Waals surface area contributed by atoms with Gasteiger partial charge in [-0.1, -0.05) is 0 Å². The highest BCUT2D eigenvalue weighted by atomic mass is 19.1. The lowest BCUT2D eigenvalue weighted by atomic mass is 10.1. The van der Waals surface area contributed by atoms with Gasteiger partial charge in [0.05, 0.1) is 0 Å². The normalized spacial score (nSPS) is 22.5. The minimum Gasteiger partial charge on any atom is -0.274 e. The molecule has 0 saturated carbocycles. The summed E-state index contributed by atoms with van der Waals surface area (Å²) in [7, 11) is 0. The van der Waals surface area contributed by atoms with Crippen molar-refractivity contribution in [2.45, 2.75) is 12.6 Å². The van der Waals surface area contributed by atoms with E-state index in [1.807, 2.05) is 0 Å². The van der Waals surface area contributed by atoms with Crippen LogP contribution in [0.15, 0.2) is 0 Å². The number of carbonyl (C=O) groups is 3. The van der Waals surface area contributed by atoms with Gasteiger partial charge in [-0.05, 0) is 6.92 Å². The molecular weight excluding hydrogens is 155 g/mol. The second-order valence-corrected chi connectivity index (χ2v) is 2.24. The van der Waals surface area contributed by atoms with Gasteiger partial charge in [0.1, 0.15) is 0 Å². The third-order valence-electron chi connectivity index (χ3n) is 1.31. The molecule has 1 rings (SSSR count). The molecule has 0 bridgehead atoms. The fraction of sp³-hybridized carbons (Fsp3) is 0.400. The van der Waals surface area contributed by atoms with Crippen LogP contribution in [0.25, 0.3) is 0 Å². The van der Waals surface area contributed by atoms with E-state index in [1.165, 1.54) is 0 Å². The SMILES string of the molecule is CC1(F)C(=O)NC(=O)NC1=O. The van der Waals surface area contributed by atoms with Crippen LogP contribution < -0.4 is 10.6 Å². The summed E-state index contributed by atoms with van der Waals surface area (Å²) in [5.41, 5.74) is -2.64. The summed E-state index contributed by atoms with van der Waals surface area (Å²) in [6.45, 7) is 0.782. The van der Waals surface area contributed by atoms with E-state index in [1.54, 1.807) is 10.6 Å². The predicted molar refractivity (Wildman–Crippen MR) is 31.2 cm³/mol. The second kappa shape index (κ2) is 2.01. The first-order chi connectivity index (χ1) is 4.94. The molecule has 0 aromatic rings. The zero-order valence-electron chi connectivity index (χ0n) is 5.60. The highest BCUT2D eigenvalue weighted by molar-refractivity contribution is 6.21. The summed E-state index contributed by atoms with van der Waals surface area (Å²) < 4.78 is 12.9. The van der Waals surface area contributed by atoms with Crippen molar-refractivity contribution >= 4 is 17.8 Å². The van der Waals surface area contributed by atoms with E-state index in [2.05, 4.69) is 0 Å². The van der Waals surface area contributed by atoms with Crippen molar-refractivity contribution in [2.75, 3.05) is 0 Å². The van der Waals surface area contributed by atoms with Crippen LogP contribution in [0.4, 0.5) is 9.18 Å². The summed E-state index contributed by atoms with van der Waals surface area (Å²) in [6.07, 6.45) is 0. The monoisotopic (exact) mass is 160 g/mol. The van der Waals surface area contributed by atoms with Crippen LogP contribution in [0.2, 0.25) is 0 Å². The number of carbonyl (C=O) groups excluding carboxylic acids is 3. The Morgan fingerprint density at radius 3 is 1.91 bits per heavy atom. The van der Waals surface area contributed by atoms with Gasteiger partial charge in [0, 0.05) is 0 Å². The number of hydrogen-bond acceptors (Lipinski definition) is 3. The number of urea groups is 1. The largest absolute Gasteiger partial charge is 0.328 e. The Morgan fingerprint density at radius 1 is 1.18 bits per heavy atom. The zero-order chi connectivity index (χ0) is 8.65. The van der Waals surface area contributed by atoms with Gasteiger partial charge in [0.15, 0.2) is 0 Å². The van der Waals surface area contributed by atoms with Crippen LogP contribution in [-0.2, 0) is 9.59 Å². The van der Waals surface area contributed by atoms with E-state index in [4.69, 9.17) is 0 Å². The van der Waals surface area contributed by atoms with Crippen molar-refractivity contribution in [3.63, 3.8) is 0 Å². The molecular formula is C5H5FN2O3. The van der Waals surface area contributed by atoms with Gasteiger partial charge in [0.25, 0.3) is 17.5 Å². The van der Waals surface area contributed by atoms with Crippen molar-refractivity contribution in [2.24, 2.45) is 0 Å². The molecule has 0 aliphatic carbocycles. The average molecular weight is 160 g/mol. The molecule has 1 saturated heterocycles. The van der Waals surface area contributed by atoms with Gasteiger partial charge in [-0.3, -0.25) is 20.2 Å². The third kappa shape index (κ3) is 1.06. The Labute approximate surface area is 60.9 Å². The zero-order valence-corrected chi connectivity index (χ0v) is 5.60. The Hall–Kier alpha value is -1.46. The van der Waals surface area contributed by atoms with Crippen LogP contribution in [-0.4, -0.2) is 23.5 Å². The summed E-state index contributed by atoms with van der Waals surface area (Å²) in [6, 6.07) is -0.991. The van der Waals surface area contributed by atoms with Crippen molar-refractivity contribution < 1.29 is 18.8 Å². The van der Waals surface area contributed by atoms with Gasteiger partial charge in [-0.2, -0.15) is 0 Å². The number of amides is 4. The number of alkyl halides is 1. The smallest absolute Gasteiger partial charge is 0.274 e. The van der Waals surface area contributed by atoms with Crippen LogP contribution in [0.3, 0.4) is 0 Å². The number of imide groups is 2. The molecule has 0 atom stereocenters. The molecule has 1 aliphatic rings. The van der Waals surface area contributed by atoms with Gasteiger partial charge in [-0.25, -0.2) is 9.18 Å². The number of halogens is 1. The maximum absolute atomic E-state index is 12.9. The maximum Gasteiger partial charge on any atom is 0.328 e. The summed E-state index contributed by atoms with van der Waals surface area (Å²) >= 11 is 0. The van der Waals surface area contributed by atoms with Crippen LogP contribution in [0.1, 0.15) is 6.92 Å². The minimum absolute atomic E-state index is 0.782. The topological polar surface area (TPSA) is 75.3 Å². The van der Waals surface area contributed by atoms with Crippen molar-refractivity contribution in [1.29, 1.82) is 0 Å². The fourth-order valence-corrected chi connectivity index (χ4v) is 0.575. The molecule has 0 unspecified atom stereocenters. The molecule has 1 aliphatic heterocycles. The Balaban J connectivity index is 2.93. The Bertz CT molecular complexity index is 226. The van der Waals surface area contributed by atoms with Gasteiger partial charge in [-0.15, -0.1) is 0 Å². The fourth-order valence-electron chi connectivity index (χ4n) is 0.575. The molecule has 5 nitrogen and oxygen atoms in total. The van der Waals surface area contributed by atoms with Gasteiger partial charge >= 0.3 is 6.03 Å². The molecule has 60 valence electrons. The quantitative estimate of drug-likeness (QED) is 0.450. The number of nitrogens with one attached hydrogen (secondary N) is 2. The summed E-state index contributed by atoms with van der Waals surface area (Å²) in [5, 5.41) is 3.23. The van der Waals surface area contributed by atoms with Crippen LogP contribution in [0, 0.1) is 0 Å². The molecule has 4 amide bonds. The second-order valence-electron chi connectivity index (χ2n) is 2.24. The summed E-state index contributed by atoms with van der Waals surface area (Å²) in [5.74, 6) is -2.46. The first-order valence-electron chi connectivity index (χ1n) is 2.80. The molecule has 2 N–H and O–H groups in total. The highest BCUT2D eigenvalue weighted by Crippen LogP contribution is 2.12. The number of rotatable bonds is 0. The van der Waals surface area contributed by atoms with E-state index in [0.29, 0.717) is 0 Å². The standard InChI is InChI=1S/C5H5FN2O3/c1-5(6)2(9)7-4(11)8-3(5)10/h1H3,(H2,7,8,9,10,11). The lowest BCUT2D eigenvalue weighted by Gasteiger charge is -2.22. The van der Waals surface area contributed by atoms with E-state index in [-0.39, 0.29) is 0 Å². The van der Waals surface area contributed by atoms with Crippen molar-refractivity contribution in [3.8, 4) is 0 Å². The lowest BCUT2D eigenvalue weighted by Crippen LogP contribution is -2.63. The van der Waals surface area contributed by atoms with Crippen LogP contribution >= 0.6 is 0 Å². The third-order valence-corrected chi connectivity index (χ3v) is 1.31. The molecule has 0 spiro atoms. The number of hydrogen-bond donors (Lipinski definition) is 2. The predicted octanol–water partition coefficient (Wildman–Crippen LogP) is -0.919. The molecule has 6 heteroatoms. The molecule has 0 radical (unpaired) electrons. The molecule has 11 heavy (non-hydrogen) atoms. The first-order valence-corrected chi connectivity index (χ1v) is 2.80. The molecule has 0 aromatic carbocycles. The van der Waals surface area contributed by atoms with E-state index >= 15 is 0 Å². The maximum atomic E-state index is 12.9. The van der Waals surface area contributed by atoms with Crippen LogP contribution in [0.5, 0.6) is 0 Å².